The number of amides is 1. The number of benzene rings is 1. The van der Waals surface area contributed by atoms with Crippen LogP contribution in [0.2, 0.25) is 0 Å². The molecule has 1 aromatic carbocycles. The van der Waals surface area contributed by atoms with Crippen LogP contribution in [0.4, 0.5) is 5.69 Å². The van der Waals surface area contributed by atoms with Crippen molar-refractivity contribution >= 4 is 28.2 Å². The standard InChI is InChI=1S/C21H28N4O3/c1-13(2)23-15-4-5-19-17(10-15)20(18-12-28-9-7-22-18)21(27)25(19)16-6-8-24(11-16)14(3)26/h4-5,10,13,16,23,27H,6-9,11-12H2,1-3H3/t16-/m0/s1. The Morgan fingerprint density at radius 3 is 2.86 bits per heavy atom. The molecule has 1 saturated heterocycles. The normalized spacial score (nSPS) is 20.1. The van der Waals surface area contributed by atoms with Crippen LogP contribution in [-0.4, -0.2) is 65.1 Å². The van der Waals surface area contributed by atoms with Gasteiger partial charge in [-0.1, -0.05) is 0 Å². The second kappa shape index (κ2) is 7.47. The zero-order valence-electron chi connectivity index (χ0n) is 16.7. The van der Waals surface area contributed by atoms with Crippen molar-refractivity contribution in [3.63, 3.8) is 0 Å². The number of anilines is 1. The molecule has 150 valence electrons. The molecule has 0 aliphatic carbocycles. The van der Waals surface area contributed by atoms with Gasteiger partial charge in [0.25, 0.3) is 0 Å². The predicted molar refractivity (Wildman–Crippen MR) is 110 cm³/mol. The number of fused-ring (bicyclic) bond motifs is 1. The Hall–Kier alpha value is -2.54. The van der Waals surface area contributed by atoms with E-state index in [2.05, 4.69) is 30.2 Å². The van der Waals surface area contributed by atoms with Crippen molar-refractivity contribution in [2.75, 3.05) is 38.2 Å². The van der Waals surface area contributed by atoms with Gasteiger partial charge >= 0.3 is 0 Å². The van der Waals surface area contributed by atoms with Gasteiger partial charge in [0.2, 0.25) is 11.8 Å². The van der Waals surface area contributed by atoms with Crippen LogP contribution in [0.5, 0.6) is 5.88 Å². The van der Waals surface area contributed by atoms with Crippen LogP contribution in [0.1, 0.15) is 38.8 Å². The van der Waals surface area contributed by atoms with Crippen LogP contribution in [0, 0.1) is 0 Å². The Bertz CT molecular complexity index is 931. The van der Waals surface area contributed by atoms with Gasteiger partial charge in [-0.3, -0.25) is 9.79 Å². The minimum Gasteiger partial charge on any atom is -0.494 e. The molecule has 1 amide bonds. The van der Waals surface area contributed by atoms with Gasteiger partial charge < -0.3 is 24.6 Å². The lowest BCUT2D eigenvalue weighted by Gasteiger charge is -2.18. The monoisotopic (exact) mass is 384 g/mol. The van der Waals surface area contributed by atoms with E-state index in [1.807, 2.05) is 21.6 Å². The summed E-state index contributed by atoms with van der Waals surface area (Å²) >= 11 is 0. The maximum Gasteiger partial charge on any atom is 0.219 e. The maximum absolute atomic E-state index is 11.8. The summed E-state index contributed by atoms with van der Waals surface area (Å²) in [5.41, 5.74) is 3.51. The Morgan fingerprint density at radius 2 is 2.21 bits per heavy atom. The van der Waals surface area contributed by atoms with Crippen molar-refractivity contribution in [1.82, 2.24) is 9.47 Å². The summed E-state index contributed by atoms with van der Waals surface area (Å²) < 4.78 is 7.57. The summed E-state index contributed by atoms with van der Waals surface area (Å²) in [7, 11) is 0. The molecule has 0 unspecified atom stereocenters. The van der Waals surface area contributed by atoms with E-state index < -0.39 is 0 Å². The largest absolute Gasteiger partial charge is 0.494 e. The van der Waals surface area contributed by atoms with Crippen molar-refractivity contribution in [3.8, 4) is 5.88 Å². The first kappa shape index (κ1) is 18.8. The van der Waals surface area contributed by atoms with Crippen LogP contribution in [-0.2, 0) is 9.53 Å². The number of likely N-dealkylation sites (tertiary alicyclic amines) is 1. The minimum absolute atomic E-state index is 0.0502. The van der Waals surface area contributed by atoms with Gasteiger partial charge in [-0.25, -0.2) is 0 Å². The lowest BCUT2D eigenvalue weighted by atomic mass is 10.1. The number of aliphatic imine (C=N–C) groups is 1. The molecule has 4 rings (SSSR count). The van der Waals surface area contributed by atoms with Crippen LogP contribution >= 0.6 is 0 Å². The topological polar surface area (TPSA) is 79.1 Å². The third-order valence-corrected chi connectivity index (χ3v) is 5.47. The highest BCUT2D eigenvalue weighted by Gasteiger charge is 2.31. The Labute approximate surface area is 165 Å². The third-order valence-electron chi connectivity index (χ3n) is 5.47. The van der Waals surface area contributed by atoms with Crippen LogP contribution in [0.3, 0.4) is 0 Å². The zero-order valence-corrected chi connectivity index (χ0v) is 16.7. The van der Waals surface area contributed by atoms with Gasteiger partial charge in [-0.05, 0) is 38.5 Å². The second-order valence-electron chi connectivity index (χ2n) is 7.89. The summed E-state index contributed by atoms with van der Waals surface area (Å²) in [5.74, 6) is 0.295. The number of nitrogens with one attached hydrogen (secondary N) is 1. The number of carbonyl (C=O) groups excluding carboxylic acids is 1. The molecule has 2 aliphatic heterocycles. The first-order chi connectivity index (χ1) is 13.5. The van der Waals surface area contributed by atoms with E-state index in [1.54, 1.807) is 6.92 Å². The predicted octanol–water partition coefficient (Wildman–Crippen LogP) is 2.78. The number of aromatic hydroxyl groups is 1. The quantitative estimate of drug-likeness (QED) is 0.850. The fourth-order valence-electron chi connectivity index (χ4n) is 4.23. The van der Waals surface area contributed by atoms with Crippen molar-refractivity contribution < 1.29 is 14.6 Å². The van der Waals surface area contributed by atoms with Gasteiger partial charge in [0.15, 0.2) is 0 Å². The number of carbonyl (C=O) groups is 1. The minimum atomic E-state index is 0.0502. The van der Waals surface area contributed by atoms with E-state index in [0.717, 1.165) is 34.3 Å². The maximum atomic E-state index is 11.8. The molecule has 7 heteroatoms. The summed E-state index contributed by atoms with van der Waals surface area (Å²) in [4.78, 5) is 18.2. The van der Waals surface area contributed by atoms with Crippen molar-refractivity contribution in [2.24, 2.45) is 4.99 Å². The van der Waals surface area contributed by atoms with Crippen LogP contribution in [0.25, 0.3) is 10.9 Å². The van der Waals surface area contributed by atoms with E-state index in [9.17, 15) is 9.90 Å². The number of hydrogen-bond acceptors (Lipinski definition) is 5. The van der Waals surface area contributed by atoms with Gasteiger partial charge in [0.05, 0.1) is 42.6 Å². The van der Waals surface area contributed by atoms with Gasteiger partial charge in [0.1, 0.15) is 0 Å². The van der Waals surface area contributed by atoms with Crippen molar-refractivity contribution in [2.45, 2.75) is 39.3 Å². The first-order valence-corrected chi connectivity index (χ1v) is 9.96. The highest BCUT2D eigenvalue weighted by atomic mass is 16.5. The number of ether oxygens (including phenoxy) is 1. The molecule has 1 fully saturated rings. The lowest BCUT2D eigenvalue weighted by molar-refractivity contribution is -0.127. The molecule has 0 bridgehead atoms. The van der Waals surface area contributed by atoms with Gasteiger partial charge in [-0.2, -0.15) is 0 Å². The Balaban J connectivity index is 1.84. The number of rotatable bonds is 4. The summed E-state index contributed by atoms with van der Waals surface area (Å²) in [6.07, 6.45) is 0.825. The molecule has 2 N–H and O–H groups in total. The molecule has 0 radical (unpaired) electrons. The average Bonchev–Trinajstić information content (AvgIpc) is 3.24. The van der Waals surface area contributed by atoms with E-state index in [-0.39, 0.29) is 17.8 Å². The van der Waals surface area contributed by atoms with Gasteiger partial charge in [-0.15, -0.1) is 0 Å². The number of nitrogens with zero attached hydrogens (tertiary/aromatic N) is 3. The summed E-state index contributed by atoms with van der Waals surface area (Å²) in [5, 5.41) is 15.6. The first-order valence-electron chi connectivity index (χ1n) is 9.96. The molecule has 1 atom stereocenters. The van der Waals surface area contributed by atoms with E-state index in [0.29, 0.717) is 38.9 Å². The Morgan fingerprint density at radius 1 is 1.39 bits per heavy atom. The number of hydrogen-bond donors (Lipinski definition) is 2. The zero-order chi connectivity index (χ0) is 19.8. The summed E-state index contributed by atoms with van der Waals surface area (Å²) in [6, 6.07) is 6.53. The number of aromatic nitrogens is 1. The molecule has 0 spiro atoms. The van der Waals surface area contributed by atoms with Crippen LogP contribution in [0.15, 0.2) is 23.2 Å². The summed E-state index contributed by atoms with van der Waals surface area (Å²) in [6.45, 7) is 8.74. The smallest absolute Gasteiger partial charge is 0.219 e. The molecular formula is C21H28N4O3. The molecule has 2 aliphatic rings. The SMILES string of the molecule is CC(=O)N1CC[C@H](n2c(O)c(C3=NCCOC3)c3cc(NC(C)C)ccc32)C1. The lowest BCUT2D eigenvalue weighted by Crippen LogP contribution is -2.26. The average molecular weight is 384 g/mol. The van der Waals surface area contributed by atoms with E-state index in [4.69, 9.17) is 4.74 Å². The molecule has 7 nitrogen and oxygen atoms in total. The van der Waals surface area contributed by atoms with Crippen LogP contribution < -0.4 is 5.32 Å². The highest BCUT2D eigenvalue weighted by molar-refractivity contribution is 6.14. The molecule has 1 aromatic heterocycles. The molecular weight excluding hydrogens is 356 g/mol. The second-order valence-corrected chi connectivity index (χ2v) is 7.89. The molecule has 28 heavy (non-hydrogen) atoms. The Kier molecular flexibility index (Phi) is 5.02. The molecule has 2 aromatic rings. The van der Waals surface area contributed by atoms with Crippen molar-refractivity contribution in [1.29, 1.82) is 0 Å². The fourth-order valence-corrected chi connectivity index (χ4v) is 4.23. The fraction of sp³-hybridized carbons (Fsp3) is 0.524. The molecule has 0 saturated carbocycles. The van der Waals surface area contributed by atoms with E-state index in [1.165, 1.54) is 0 Å². The van der Waals surface area contributed by atoms with E-state index >= 15 is 0 Å². The molecule has 3 heterocycles. The third kappa shape index (κ3) is 3.35. The highest BCUT2D eigenvalue weighted by Crippen LogP contribution is 2.39. The van der Waals surface area contributed by atoms with Crippen molar-refractivity contribution in [3.05, 3.63) is 23.8 Å². The van der Waals surface area contributed by atoms with Gasteiger partial charge in [0, 0.05) is 37.1 Å².